The molecule has 138 valence electrons. The number of hydrogen-bond acceptors (Lipinski definition) is 4. The molecule has 4 nitrogen and oxygen atoms in total. The maximum absolute atomic E-state index is 9.72. The van der Waals surface area contributed by atoms with Crippen LogP contribution < -0.4 is 9.16 Å². The molecule has 5 heteroatoms. The predicted octanol–water partition coefficient (Wildman–Crippen LogP) is 5.28. The Bertz CT molecular complexity index is 826. The molecule has 0 saturated heterocycles. The van der Waals surface area contributed by atoms with Crippen molar-refractivity contribution in [3.63, 3.8) is 0 Å². The predicted molar refractivity (Wildman–Crippen MR) is 108 cm³/mol. The molecule has 0 radical (unpaired) electrons. The van der Waals surface area contributed by atoms with Crippen molar-refractivity contribution in [3.05, 3.63) is 40.6 Å². The second-order valence-corrected chi connectivity index (χ2v) is 11.7. The van der Waals surface area contributed by atoms with Crippen LogP contribution in [-0.4, -0.2) is 20.4 Å². The Morgan fingerprint density at radius 1 is 1.08 bits per heavy atom. The van der Waals surface area contributed by atoms with Crippen LogP contribution in [0.2, 0.25) is 19.6 Å². The second-order valence-electron chi connectivity index (χ2n) is 7.28. The van der Waals surface area contributed by atoms with E-state index in [1.54, 1.807) is 7.11 Å². The summed E-state index contributed by atoms with van der Waals surface area (Å²) in [6.07, 6.45) is 1.81. The van der Waals surface area contributed by atoms with Crippen LogP contribution in [0.1, 0.15) is 36.2 Å². The molecule has 0 N–H and O–H groups in total. The van der Waals surface area contributed by atoms with Gasteiger partial charge in [0.2, 0.25) is 8.32 Å². The van der Waals surface area contributed by atoms with E-state index in [1.807, 2.05) is 6.92 Å². The summed E-state index contributed by atoms with van der Waals surface area (Å²) in [5, 5.41) is 9.72. The lowest BCUT2D eigenvalue weighted by Crippen LogP contribution is -2.30. The SMILES string of the molecule is CCc1cccc(CC)c1-c1nc(C#N)c(O[Si](C)(C)C)c(OC)c1C. The normalized spacial score (nSPS) is 11.2. The highest BCUT2D eigenvalue weighted by Crippen LogP contribution is 2.41. The first-order valence-corrected chi connectivity index (χ1v) is 12.5. The zero-order valence-corrected chi connectivity index (χ0v) is 17.9. The number of nitrogens with zero attached hydrogens (tertiary/aromatic N) is 2. The maximum Gasteiger partial charge on any atom is 0.242 e. The Kier molecular flexibility index (Phi) is 6.09. The van der Waals surface area contributed by atoms with Crippen LogP contribution in [-0.2, 0) is 12.8 Å². The van der Waals surface area contributed by atoms with Gasteiger partial charge in [0, 0.05) is 11.1 Å². The molecular formula is C21H28N2O2Si. The van der Waals surface area contributed by atoms with Gasteiger partial charge in [-0.2, -0.15) is 5.26 Å². The van der Waals surface area contributed by atoms with Gasteiger partial charge in [-0.15, -0.1) is 0 Å². The minimum Gasteiger partial charge on any atom is -0.540 e. The van der Waals surface area contributed by atoms with Gasteiger partial charge in [0.05, 0.1) is 12.8 Å². The first-order chi connectivity index (χ1) is 12.3. The van der Waals surface area contributed by atoms with E-state index in [9.17, 15) is 5.26 Å². The van der Waals surface area contributed by atoms with Crippen LogP contribution in [0.4, 0.5) is 0 Å². The molecule has 0 aliphatic rings. The largest absolute Gasteiger partial charge is 0.540 e. The molecule has 0 amide bonds. The number of methoxy groups -OCH3 is 1. The van der Waals surface area contributed by atoms with Gasteiger partial charge < -0.3 is 9.16 Å². The average molecular weight is 369 g/mol. The van der Waals surface area contributed by atoms with Crippen molar-refractivity contribution in [1.82, 2.24) is 4.98 Å². The number of pyridine rings is 1. The Morgan fingerprint density at radius 2 is 1.65 bits per heavy atom. The van der Waals surface area contributed by atoms with E-state index in [2.05, 4.69) is 57.8 Å². The van der Waals surface area contributed by atoms with Gasteiger partial charge in [-0.25, -0.2) is 4.98 Å². The van der Waals surface area contributed by atoms with Gasteiger partial charge >= 0.3 is 0 Å². The molecule has 2 rings (SSSR count). The molecule has 1 heterocycles. The molecule has 0 saturated carbocycles. The average Bonchev–Trinajstić information content (AvgIpc) is 2.60. The summed E-state index contributed by atoms with van der Waals surface area (Å²) in [5.74, 6) is 1.09. The maximum atomic E-state index is 9.72. The quantitative estimate of drug-likeness (QED) is 0.651. The van der Waals surface area contributed by atoms with Crippen molar-refractivity contribution < 1.29 is 9.16 Å². The molecule has 0 fully saturated rings. The molecular weight excluding hydrogens is 340 g/mol. The number of nitriles is 1. The van der Waals surface area contributed by atoms with E-state index < -0.39 is 8.32 Å². The van der Waals surface area contributed by atoms with Gasteiger partial charge in [-0.3, -0.25) is 0 Å². The molecule has 26 heavy (non-hydrogen) atoms. The minimum absolute atomic E-state index is 0.290. The Hall–Kier alpha value is -2.32. The topological polar surface area (TPSA) is 55.1 Å². The van der Waals surface area contributed by atoms with E-state index in [-0.39, 0.29) is 5.69 Å². The molecule has 0 atom stereocenters. The fourth-order valence-electron chi connectivity index (χ4n) is 3.14. The second kappa shape index (κ2) is 7.92. The molecule has 0 aliphatic carbocycles. The van der Waals surface area contributed by atoms with Crippen molar-refractivity contribution in [2.75, 3.05) is 7.11 Å². The smallest absolute Gasteiger partial charge is 0.242 e. The van der Waals surface area contributed by atoms with Crippen LogP contribution in [0, 0.1) is 18.3 Å². The number of benzene rings is 1. The summed E-state index contributed by atoms with van der Waals surface area (Å²) in [7, 11) is -0.298. The fraction of sp³-hybridized carbons (Fsp3) is 0.429. The van der Waals surface area contributed by atoms with E-state index in [1.165, 1.54) is 11.1 Å². The number of ether oxygens (including phenoxy) is 1. The van der Waals surface area contributed by atoms with Gasteiger partial charge in [0.25, 0.3) is 0 Å². The highest BCUT2D eigenvalue weighted by atomic mass is 28.4. The molecule has 0 unspecified atom stereocenters. The molecule has 1 aromatic carbocycles. The van der Waals surface area contributed by atoms with Crippen LogP contribution in [0.5, 0.6) is 11.5 Å². The minimum atomic E-state index is -1.92. The molecule has 0 bridgehead atoms. The Labute approximate surface area is 157 Å². The summed E-state index contributed by atoms with van der Waals surface area (Å²) < 4.78 is 11.8. The molecule has 0 spiro atoms. The van der Waals surface area contributed by atoms with Gasteiger partial charge in [0.1, 0.15) is 6.07 Å². The van der Waals surface area contributed by atoms with Gasteiger partial charge in [-0.05, 0) is 50.5 Å². The number of aromatic nitrogens is 1. The van der Waals surface area contributed by atoms with Gasteiger partial charge in [-0.1, -0.05) is 32.0 Å². The van der Waals surface area contributed by atoms with Crippen molar-refractivity contribution in [3.8, 4) is 28.8 Å². The van der Waals surface area contributed by atoms with E-state index in [0.29, 0.717) is 11.5 Å². The van der Waals surface area contributed by atoms with Crippen LogP contribution in [0.3, 0.4) is 0 Å². The lowest BCUT2D eigenvalue weighted by atomic mass is 9.92. The van der Waals surface area contributed by atoms with Crippen molar-refractivity contribution in [2.24, 2.45) is 0 Å². The van der Waals surface area contributed by atoms with Crippen LogP contribution >= 0.6 is 0 Å². The third kappa shape index (κ3) is 3.91. The third-order valence-corrected chi connectivity index (χ3v) is 5.11. The molecule has 1 aromatic heterocycles. The number of aryl methyl sites for hydroxylation is 2. The Balaban J connectivity index is 2.84. The number of rotatable bonds is 6. The van der Waals surface area contributed by atoms with Crippen molar-refractivity contribution in [1.29, 1.82) is 5.26 Å². The van der Waals surface area contributed by atoms with E-state index in [4.69, 9.17) is 14.1 Å². The van der Waals surface area contributed by atoms with Crippen LogP contribution in [0.15, 0.2) is 18.2 Å². The van der Waals surface area contributed by atoms with Crippen molar-refractivity contribution in [2.45, 2.75) is 53.3 Å². The highest BCUT2D eigenvalue weighted by Gasteiger charge is 2.27. The standard InChI is InChI=1S/C21H28N2O2Si/c1-8-15-11-10-12-16(9-2)18(15)19-14(3)20(24-4)21(17(13-22)23-19)25-26(5,6)7/h10-12H,8-9H2,1-7H3. The van der Waals surface area contributed by atoms with Crippen molar-refractivity contribution >= 4 is 8.32 Å². The molecule has 2 aromatic rings. The van der Waals surface area contributed by atoms with Crippen LogP contribution in [0.25, 0.3) is 11.3 Å². The first-order valence-electron chi connectivity index (χ1n) is 9.06. The first kappa shape index (κ1) is 20.0. The lowest BCUT2D eigenvalue weighted by molar-refractivity contribution is 0.387. The third-order valence-electron chi connectivity index (χ3n) is 4.29. The summed E-state index contributed by atoms with van der Waals surface area (Å²) in [5.41, 5.74) is 5.59. The van der Waals surface area contributed by atoms with Gasteiger partial charge in [0.15, 0.2) is 17.2 Å². The summed E-state index contributed by atoms with van der Waals surface area (Å²) in [6, 6.07) is 8.55. The lowest BCUT2D eigenvalue weighted by Gasteiger charge is -2.24. The zero-order chi connectivity index (χ0) is 19.5. The summed E-state index contributed by atoms with van der Waals surface area (Å²) in [4.78, 5) is 4.73. The van der Waals surface area contributed by atoms with E-state index in [0.717, 1.165) is 29.7 Å². The summed E-state index contributed by atoms with van der Waals surface area (Å²) >= 11 is 0. The van der Waals surface area contributed by atoms with E-state index >= 15 is 0 Å². The monoisotopic (exact) mass is 368 g/mol. The number of hydrogen-bond donors (Lipinski definition) is 0. The zero-order valence-electron chi connectivity index (χ0n) is 16.9. The highest BCUT2D eigenvalue weighted by molar-refractivity contribution is 6.70. The molecule has 0 aliphatic heterocycles. The Morgan fingerprint density at radius 3 is 2.08 bits per heavy atom. The fourth-order valence-corrected chi connectivity index (χ4v) is 3.95. The summed E-state index contributed by atoms with van der Waals surface area (Å²) in [6.45, 7) is 12.5.